The van der Waals surface area contributed by atoms with Gasteiger partial charge in [0.1, 0.15) is 0 Å². The van der Waals surface area contributed by atoms with E-state index in [9.17, 15) is 0 Å². The number of hydrogen-bond donors (Lipinski definition) is 0. The third kappa shape index (κ3) is 9.33. The van der Waals surface area contributed by atoms with Gasteiger partial charge >= 0.3 is 37.7 Å². The monoisotopic (exact) mass is 137 g/mol. The molecule has 0 fully saturated rings. The Kier molecular flexibility index (Phi) is 243. The fraction of sp³-hybridized carbons (Fsp3) is 0. The first-order valence-electron chi connectivity index (χ1n) is 0. The summed E-state index contributed by atoms with van der Waals surface area (Å²) in [7, 11) is 0. The van der Waals surface area contributed by atoms with Crippen molar-refractivity contribution in [2.45, 2.75) is 0 Å². The second-order valence-electron chi connectivity index (χ2n) is 0. The molecule has 0 bridgehead atoms. The summed E-state index contributed by atoms with van der Waals surface area (Å²) in [6.07, 6.45) is 0. The molecule has 1 radical (unpaired) electrons. The van der Waals surface area contributed by atoms with Gasteiger partial charge in [0.25, 0.3) is 0 Å². The molecule has 0 saturated heterocycles. The minimum atomic E-state index is 0. The maximum absolute atomic E-state index is 0. The Morgan fingerprint density at radius 2 is 0.750 bits per heavy atom. The molecule has 0 unspecified atom stereocenters. The molecule has 27 valence electrons. The molecule has 0 amide bonds. The van der Waals surface area contributed by atoms with E-state index >= 15 is 0 Å². The van der Waals surface area contributed by atoms with Crippen molar-refractivity contribution in [2.24, 2.45) is 0 Å². The van der Waals surface area contributed by atoms with E-state index in [0.29, 0.717) is 0 Å². The molecule has 0 aromatic rings. The van der Waals surface area contributed by atoms with E-state index in [1.165, 1.54) is 0 Å². The molecule has 0 aliphatic rings. The normalized spacial score (nSPS) is 0. The van der Waals surface area contributed by atoms with Gasteiger partial charge in [-0.2, -0.15) is 0 Å². The van der Waals surface area contributed by atoms with Crippen molar-refractivity contribution in [1.29, 1.82) is 0 Å². The average molecular weight is 138 g/mol. The summed E-state index contributed by atoms with van der Waals surface area (Å²) in [6.45, 7) is 0. The smallest absolute Gasteiger partial charge is 0.870 e. The predicted molar refractivity (Wildman–Crippen MR) is 9.63 cm³/mol. The Bertz CT molecular complexity index is 6.00. The van der Waals surface area contributed by atoms with Crippen LogP contribution in [0.25, 0.3) is 0 Å². The summed E-state index contributed by atoms with van der Waals surface area (Å²) in [4.78, 5) is 0. The van der Waals surface area contributed by atoms with Crippen LogP contribution >= 0.6 is 0 Å². The fourth-order valence-electron chi connectivity index (χ4n) is 0. The van der Waals surface area contributed by atoms with E-state index in [4.69, 9.17) is 0 Å². The summed E-state index contributed by atoms with van der Waals surface area (Å²) in [5.74, 6) is 0. The summed E-state index contributed by atoms with van der Waals surface area (Å²) in [6, 6.07) is 0. The van der Waals surface area contributed by atoms with Crippen LogP contribution in [0, 0.1) is 0 Å². The summed E-state index contributed by atoms with van der Waals surface area (Å²) in [5.41, 5.74) is 0. The third-order valence-corrected chi connectivity index (χ3v) is 0. The van der Waals surface area contributed by atoms with Crippen molar-refractivity contribution in [1.82, 2.24) is 0 Å². The molecule has 0 heterocycles. The van der Waals surface area contributed by atoms with Crippen molar-refractivity contribution in [3.8, 4) is 0 Å². The zero-order chi connectivity index (χ0) is 0. The summed E-state index contributed by atoms with van der Waals surface area (Å²) < 4.78 is 0. The van der Waals surface area contributed by atoms with Gasteiger partial charge < -0.3 is 11.0 Å². The minimum Gasteiger partial charge on any atom is -0.870 e. The zero-order valence-electron chi connectivity index (χ0n) is 1.90. The third-order valence-electron chi connectivity index (χ3n) is 0. The van der Waals surface area contributed by atoms with Crippen LogP contribution < -0.4 is 0 Å². The van der Waals surface area contributed by atoms with E-state index in [-0.39, 0.29) is 65.8 Å². The molecule has 0 atom stereocenters. The number of rotatable bonds is 0. The van der Waals surface area contributed by atoms with Crippen LogP contribution in [0.1, 0.15) is 0 Å². The minimum absolute atomic E-state index is 0. The summed E-state index contributed by atoms with van der Waals surface area (Å²) in [5, 5.41) is 0. The van der Waals surface area contributed by atoms with Crippen molar-refractivity contribution in [3.05, 3.63) is 0 Å². The molecule has 4 heavy (non-hydrogen) atoms. The first-order chi connectivity index (χ1) is 0. The van der Waals surface area contributed by atoms with Crippen molar-refractivity contribution < 1.29 is 28.0 Å². The van der Waals surface area contributed by atoms with Crippen LogP contribution in [-0.4, -0.2) is 48.7 Å². The molecular formula is H2CaCuO2. The molecule has 2 nitrogen and oxygen atoms in total. The fourth-order valence-corrected chi connectivity index (χ4v) is 0. The van der Waals surface area contributed by atoms with E-state index in [1.807, 2.05) is 0 Å². The molecule has 0 aromatic carbocycles. The van der Waals surface area contributed by atoms with Gasteiger partial charge in [-0.15, -0.1) is 0 Å². The Balaban J connectivity index is 0. The van der Waals surface area contributed by atoms with Gasteiger partial charge in [-0.1, -0.05) is 0 Å². The Morgan fingerprint density at radius 3 is 0.750 bits per heavy atom. The van der Waals surface area contributed by atoms with E-state index in [2.05, 4.69) is 0 Å². The molecule has 0 aliphatic carbocycles. The van der Waals surface area contributed by atoms with Gasteiger partial charge in [-0.25, -0.2) is 0 Å². The van der Waals surface area contributed by atoms with Crippen molar-refractivity contribution in [2.75, 3.05) is 0 Å². The molecule has 0 aromatic heterocycles. The van der Waals surface area contributed by atoms with Gasteiger partial charge in [0, 0.05) is 17.1 Å². The van der Waals surface area contributed by atoms with Gasteiger partial charge in [0.15, 0.2) is 0 Å². The first kappa shape index (κ1) is 43.6. The predicted octanol–water partition coefficient (Wildman–Crippen LogP) is -0.737. The molecule has 0 spiro atoms. The maximum Gasteiger partial charge on any atom is 2.00 e. The molecule has 0 saturated carbocycles. The zero-order valence-corrected chi connectivity index (χ0v) is 5.05. The standard InChI is InChI=1S/Ca.Cu.2H2O/h;;2*1H2/q+2;;;/p-2. The maximum atomic E-state index is 0. The molecular weight excluding hydrogens is 136 g/mol. The van der Waals surface area contributed by atoms with Gasteiger partial charge in [0.2, 0.25) is 0 Å². The summed E-state index contributed by atoms with van der Waals surface area (Å²) >= 11 is 0. The van der Waals surface area contributed by atoms with Crippen LogP contribution in [0.3, 0.4) is 0 Å². The second-order valence-corrected chi connectivity index (χ2v) is 0. The Morgan fingerprint density at radius 1 is 0.750 bits per heavy atom. The van der Waals surface area contributed by atoms with E-state index in [1.54, 1.807) is 0 Å². The average Bonchev–Trinajstić information content (AvgIpc) is 0. The Labute approximate surface area is 65.0 Å². The largest absolute Gasteiger partial charge is 2.00 e. The number of hydrogen-bond acceptors (Lipinski definition) is 2. The van der Waals surface area contributed by atoms with E-state index < -0.39 is 0 Å². The van der Waals surface area contributed by atoms with Crippen molar-refractivity contribution >= 4 is 37.7 Å². The Hall–Kier alpha value is 1.70. The van der Waals surface area contributed by atoms with Crippen LogP contribution in [0.2, 0.25) is 0 Å². The molecule has 0 aliphatic heterocycles. The molecule has 0 rings (SSSR count). The van der Waals surface area contributed by atoms with Gasteiger partial charge in [0.05, 0.1) is 0 Å². The van der Waals surface area contributed by atoms with Crippen molar-refractivity contribution in [3.63, 3.8) is 0 Å². The first-order valence-corrected chi connectivity index (χ1v) is 0. The second kappa shape index (κ2) is 22.3. The van der Waals surface area contributed by atoms with Crippen LogP contribution in [0.4, 0.5) is 0 Å². The van der Waals surface area contributed by atoms with Crippen LogP contribution in [0.15, 0.2) is 0 Å². The topological polar surface area (TPSA) is 60.0 Å². The quantitative estimate of drug-likeness (QED) is 0.413. The van der Waals surface area contributed by atoms with Crippen LogP contribution in [-0.2, 0) is 17.1 Å². The van der Waals surface area contributed by atoms with Gasteiger partial charge in [-0.3, -0.25) is 0 Å². The molecule has 2 N–H and O–H groups in total. The van der Waals surface area contributed by atoms with E-state index in [0.717, 1.165) is 0 Å². The van der Waals surface area contributed by atoms with Gasteiger partial charge in [-0.05, 0) is 0 Å². The SMILES string of the molecule is [Ca+2].[Cu].[OH-].[OH-]. The molecule has 4 heteroatoms. The van der Waals surface area contributed by atoms with Crippen LogP contribution in [0.5, 0.6) is 0 Å².